The number of ether oxygens (including phenoxy) is 1. The predicted octanol–water partition coefficient (Wildman–Crippen LogP) is 4.42. The molecular formula is C25H32N4O2. The Labute approximate surface area is 184 Å². The summed E-state index contributed by atoms with van der Waals surface area (Å²) in [5, 5.41) is 4.23. The second kappa shape index (κ2) is 10.5. The molecule has 3 aromatic rings. The molecule has 1 aliphatic heterocycles. The zero-order chi connectivity index (χ0) is 21.5. The highest BCUT2D eigenvalue weighted by Gasteiger charge is 2.14. The molecule has 1 fully saturated rings. The van der Waals surface area contributed by atoms with Gasteiger partial charge >= 0.3 is 6.03 Å². The molecule has 1 saturated heterocycles. The van der Waals surface area contributed by atoms with Gasteiger partial charge in [-0.1, -0.05) is 37.3 Å². The molecule has 0 unspecified atom stereocenters. The maximum atomic E-state index is 12.9. The third kappa shape index (κ3) is 5.66. The van der Waals surface area contributed by atoms with Crippen LogP contribution in [-0.4, -0.2) is 59.8 Å². The maximum absolute atomic E-state index is 12.9. The van der Waals surface area contributed by atoms with Crippen LogP contribution < -0.4 is 5.32 Å². The lowest BCUT2D eigenvalue weighted by Crippen LogP contribution is -2.38. The van der Waals surface area contributed by atoms with Crippen molar-refractivity contribution in [3.8, 4) is 0 Å². The zero-order valence-electron chi connectivity index (χ0n) is 18.3. The van der Waals surface area contributed by atoms with Gasteiger partial charge in [-0.15, -0.1) is 0 Å². The van der Waals surface area contributed by atoms with Gasteiger partial charge in [0.1, 0.15) is 0 Å². The van der Waals surface area contributed by atoms with Crippen LogP contribution in [0.1, 0.15) is 18.9 Å². The van der Waals surface area contributed by atoms with Crippen molar-refractivity contribution in [2.75, 3.05) is 44.7 Å². The number of nitrogens with one attached hydrogen (secondary N) is 1. The van der Waals surface area contributed by atoms with Crippen molar-refractivity contribution in [3.05, 3.63) is 66.4 Å². The summed E-state index contributed by atoms with van der Waals surface area (Å²) >= 11 is 0. The van der Waals surface area contributed by atoms with E-state index in [9.17, 15) is 4.79 Å². The molecule has 0 aliphatic carbocycles. The van der Waals surface area contributed by atoms with Crippen LogP contribution >= 0.6 is 0 Å². The van der Waals surface area contributed by atoms with Crippen molar-refractivity contribution in [1.82, 2.24) is 14.4 Å². The molecule has 2 amide bonds. The van der Waals surface area contributed by atoms with Gasteiger partial charge in [0, 0.05) is 62.1 Å². The number of anilines is 1. The third-order valence-corrected chi connectivity index (χ3v) is 5.78. The monoisotopic (exact) mass is 420 g/mol. The first-order valence-corrected chi connectivity index (χ1v) is 11.2. The van der Waals surface area contributed by atoms with Crippen molar-refractivity contribution in [3.63, 3.8) is 0 Å². The van der Waals surface area contributed by atoms with E-state index in [1.54, 1.807) is 0 Å². The third-order valence-electron chi connectivity index (χ3n) is 5.78. The first-order valence-electron chi connectivity index (χ1n) is 11.2. The summed E-state index contributed by atoms with van der Waals surface area (Å²) in [6.07, 6.45) is 3.06. The van der Waals surface area contributed by atoms with E-state index in [0.717, 1.165) is 69.0 Å². The second-order valence-corrected chi connectivity index (χ2v) is 8.07. The number of fused-ring (bicyclic) bond motifs is 1. The largest absolute Gasteiger partial charge is 0.379 e. The highest BCUT2D eigenvalue weighted by Crippen LogP contribution is 2.21. The van der Waals surface area contributed by atoms with Crippen LogP contribution in [0.2, 0.25) is 0 Å². The zero-order valence-corrected chi connectivity index (χ0v) is 18.3. The van der Waals surface area contributed by atoms with Crippen LogP contribution in [0.5, 0.6) is 0 Å². The average Bonchev–Trinajstić information content (AvgIpc) is 3.21. The number of hydrogen-bond acceptors (Lipinski definition) is 3. The lowest BCUT2D eigenvalue weighted by Gasteiger charge is -2.26. The molecule has 6 heteroatoms. The fraction of sp³-hybridized carbons (Fsp3) is 0.400. The Kier molecular flexibility index (Phi) is 7.22. The number of amides is 2. The molecule has 1 aliphatic rings. The minimum absolute atomic E-state index is 0.0585. The second-order valence-electron chi connectivity index (χ2n) is 8.07. The van der Waals surface area contributed by atoms with Crippen molar-refractivity contribution in [2.45, 2.75) is 26.4 Å². The van der Waals surface area contributed by atoms with E-state index in [2.05, 4.69) is 58.2 Å². The number of hydrogen-bond donors (Lipinski definition) is 1. The molecule has 4 rings (SSSR count). The lowest BCUT2D eigenvalue weighted by atomic mass is 10.2. The summed E-state index contributed by atoms with van der Waals surface area (Å²) in [6, 6.07) is 18.4. The summed E-state index contributed by atoms with van der Waals surface area (Å²) in [5.41, 5.74) is 3.16. The molecule has 0 bridgehead atoms. The van der Waals surface area contributed by atoms with Crippen molar-refractivity contribution < 1.29 is 9.53 Å². The van der Waals surface area contributed by atoms with Crippen molar-refractivity contribution in [2.24, 2.45) is 0 Å². The summed E-state index contributed by atoms with van der Waals surface area (Å²) in [5.74, 6) is 0. The van der Waals surface area contributed by atoms with Crippen LogP contribution in [0.15, 0.2) is 60.8 Å². The van der Waals surface area contributed by atoms with Gasteiger partial charge in [-0.05, 0) is 36.2 Å². The number of rotatable bonds is 8. The van der Waals surface area contributed by atoms with Crippen molar-refractivity contribution in [1.29, 1.82) is 0 Å². The Balaban J connectivity index is 1.40. The Morgan fingerprint density at radius 1 is 1.06 bits per heavy atom. The fourth-order valence-electron chi connectivity index (χ4n) is 4.08. The highest BCUT2D eigenvalue weighted by molar-refractivity contribution is 5.93. The number of benzene rings is 2. The molecule has 0 saturated carbocycles. The Bertz CT molecular complexity index is 980. The topological polar surface area (TPSA) is 49.7 Å². The number of carbonyl (C=O) groups is 1. The lowest BCUT2D eigenvalue weighted by molar-refractivity contribution is 0.0365. The average molecular weight is 421 g/mol. The van der Waals surface area contributed by atoms with E-state index >= 15 is 0 Å². The molecule has 31 heavy (non-hydrogen) atoms. The summed E-state index contributed by atoms with van der Waals surface area (Å²) in [6.45, 7) is 9.08. The van der Waals surface area contributed by atoms with Crippen molar-refractivity contribution >= 4 is 22.6 Å². The van der Waals surface area contributed by atoms with E-state index in [1.807, 2.05) is 29.2 Å². The number of morpholine rings is 1. The van der Waals surface area contributed by atoms with Crippen LogP contribution in [0, 0.1) is 0 Å². The minimum atomic E-state index is -0.0585. The fourth-order valence-corrected chi connectivity index (χ4v) is 4.08. The van der Waals surface area contributed by atoms with Gasteiger partial charge < -0.3 is 19.5 Å². The van der Waals surface area contributed by atoms with E-state index in [4.69, 9.17) is 4.74 Å². The van der Waals surface area contributed by atoms with E-state index < -0.39 is 0 Å². The van der Waals surface area contributed by atoms with Crippen LogP contribution in [-0.2, 0) is 17.8 Å². The maximum Gasteiger partial charge on any atom is 0.322 e. The smallest absolute Gasteiger partial charge is 0.322 e. The van der Waals surface area contributed by atoms with Gasteiger partial charge in [-0.2, -0.15) is 0 Å². The first kappa shape index (κ1) is 21.4. The van der Waals surface area contributed by atoms with Gasteiger partial charge in [0.25, 0.3) is 0 Å². The molecule has 2 heterocycles. The molecule has 1 aromatic heterocycles. The molecule has 164 valence electrons. The number of aromatic nitrogens is 1. The van der Waals surface area contributed by atoms with Gasteiger partial charge in [0.15, 0.2) is 0 Å². The molecule has 0 radical (unpaired) electrons. The molecule has 0 atom stereocenters. The molecule has 2 aromatic carbocycles. The Hall–Kier alpha value is -2.83. The summed E-state index contributed by atoms with van der Waals surface area (Å²) in [7, 11) is 0. The van der Waals surface area contributed by atoms with Gasteiger partial charge in [-0.25, -0.2) is 4.79 Å². The molecular weight excluding hydrogens is 388 g/mol. The minimum Gasteiger partial charge on any atom is -0.379 e. The Morgan fingerprint density at radius 2 is 1.87 bits per heavy atom. The highest BCUT2D eigenvalue weighted by atomic mass is 16.5. The standard InChI is InChI=1S/C25H32N4O2/c1-2-11-29(20-21-6-4-3-5-7-21)25(30)26-23-8-9-24-22(19-23)10-12-28(24)14-13-27-15-17-31-18-16-27/h3-10,12,19H,2,11,13-18,20H2,1H3,(H,26,30). The van der Waals surface area contributed by atoms with Crippen LogP contribution in [0.25, 0.3) is 10.9 Å². The first-order chi connectivity index (χ1) is 15.2. The predicted molar refractivity (Wildman–Crippen MR) is 125 cm³/mol. The van der Waals surface area contributed by atoms with Gasteiger partial charge in [0.05, 0.1) is 13.2 Å². The molecule has 1 N–H and O–H groups in total. The van der Waals surface area contributed by atoms with E-state index in [-0.39, 0.29) is 6.03 Å². The summed E-state index contributed by atoms with van der Waals surface area (Å²) in [4.78, 5) is 17.2. The van der Waals surface area contributed by atoms with E-state index in [0.29, 0.717) is 6.54 Å². The Morgan fingerprint density at radius 3 is 2.65 bits per heavy atom. The SMILES string of the molecule is CCCN(Cc1ccccc1)C(=O)Nc1ccc2c(ccn2CCN2CCOCC2)c1. The normalized spacial score (nSPS) is 14.6. The molecule has 0 spiro atoms. The van der Waals surface area contributed by atoms with Crippen LogP contribution in [0.3, 0.4) is 0 Å². The summed E-state index contributed by atoms with van der Waals surface area (Å²) < 4.78 is 7.72. The number of carbonyl (C=O) groups excluding carboxylic acids is 1. The van der Waals surface area contributed by atoms with E-state index in [1.165, 1.54) is 5.52 Å². The quantitative estimate of drug-likeness (QED) is 0.587. The van der Waals surface area contributed by atoms with Gasteiger partial charge in [-0.3, -0.25) is 4.90 Å². The molecule has 6 nitrogen and oxygen atoms in total. The van der Waals surface area contributed by atoms with Crippen LogP contribution in [0.4, 0.5) is 10.5 Å². The number of urea groups is 1. The van der Waals surface area contributed by atoms with Gasteiger partial charge in [0.2, 0.25) is 0 Å². The number of nitrogens with zero attached hydrogens (tertiary/aromatic N) is 3.